The molecule has 0 aromatic heterocycles. The third-order valence-electron chi connectivity index (χ3n) is 2.19. The van der Waals surface area contributed by atoms with E-state index in [2.05, 4.69) is 4.72 Å². The van der Waals surface area contributed by atoms with Crippen molar-refractivity contribution in [1.29, 1.82) is 0 Å². The van der Waals surface area contributed by atoms with Gasteiger partial charge in [-0.1, -0.05) is 30.3 Å². The van der Waals surface area contributed by atoms with Gasteiger partial charge in [-0.2, -0.15) is 0 Å². The van der Waals surface area contributed by atoms with E-state index in [9.17, 15) is 4.21 Å². The van der Waals surface area contributed by atoms with Gasteiger partial charge in [0.1, 0.15) is 11.0 Å². The van der Waals surface area contributed by atoms with E-state index in [1.54, 1.807) is 0 Å². The molecule has 2 aromatic carbocycles. The van der Waals surface area contributed by atoms with Crippen LogP contribution >= 0.6 is 0 Å². The fraction of sp³-hybridized carbons (Fsp3) is 0.0769. The van der Waals surface area contributed by atoms with Gasteiger partial charge in [0.2, 0.25) is 0 Å². The Morgan fingerprint density at radius 2 is 1.75 bits per heavy atom. The Morgan fingerprint density at radius 3 is 2.44 bits per heavy atom. The molecule has 2 nitrogen and oxygen atoms in total. The molecule has 0 unspecified atom stereocenters. The second-order valence-electron chi connectivity index (χ2n) is 3.55. The van der Waals surface area contributed by atoms with Gasteiger partial charge in [-0.25, -0.2) is 4.21 Å². The maximum Gasteiger partial charge on any atom is 0.150 e. The predicted octanol–water partition coefficient (Wildman–Crippen LogP) is 3.13. The van der Waals surface area contributed by atoms with E-state index in [4.69, 9.17) is 0 Å². The van der Waals surface area contributed by atoms with Crippen molar-refractivity contribution < 1.29 is 4.21 Å². The molecule has 2 rings (SSSR count). The summed E-state index contributed by atoms with van der Waals surface area (Å²) in [7, 11) is -1.19. The lowest BCUT2D eigenvalue weighted by atomic mass is 10.2. The first-order chi connectivity index (χ1) is 7.75. The van der Waals surface area contributed by atoms with Crippen molar-refractivity contribution >= 4 is 16.7 Å². The van der Waals surface area contributed by atoms with E-state index in [1.807, 2.05) is 61.5 Å². The molecule has 0 spiro atoms. The molecule has 16 heavy (non-hydrogen) atoms. The summed E-state index contributed by atoms with van der Waals surface area (Å²) in [4.78, 5) is 0.781. The van der Waals surface area contributed by atoms with Crippen LogP contribution in [0.4, 0.5) is 5.69 Å². The minimum absolute atomic E-state index is 0.781. The zero-order chi connectivity index (χ0) is 11.4. The molecule has 3 heteroatoms. The molecule has 2 aromatic rings. The van der Waals surface area contributed by atoms with Crippen LogP contribution in [0.1, 0.15) is 5.56 Å². The van der Waals surface area contributed by atoms with Crippen LogP contribution in [-0.2, 0) is 11.0 Å². The zero-order valence-electron chi connectivity index (χ0n) is 9.01. The van der Waals surface area contributed by atoms with Crippen molar-refractivity contribution in [3.63, 3.8) is 0 Å². The van der Waals surface area contributed by atoms with E-state index in [-0.39, 0.29) is 0 Å². The highest BCUT2D eigenvalue weighted by atomic mass is 32.2. The molecule has 1 N–H and O–H groups in total. The first-order valence-electron chi connectivity index (χ1n) is 5.06. The first kappa shape index (κ1) is 10.9. The summed E-state index contributed by atoms with van der Waals surface area (Å²) >= 11 is 0. The van der Waals surface area contributed by atoms with Crippen molar-refractivity contribution in [3.05, 3.63) is 60.2 Å². The van der Waals surface area contributed by atoms with E-state index < -0.39 is 11.0 Å². The van der Waals surface area contributed by atoms with Crippen LogP contribution in [0.3, 0.4) is 0 Å². The minimum Gasteiger partial charge on any atom is -0.301 e. The van der Waals surface area contributed by atoms with Crippen molar-refractivity contribution in [2.75, 3.05) is 4.72 Å². The smallest absolute Gasteiger partial charge is 0.150 e. The highest BCUT2D eigenvalue weighted by Gasteiger charge is 2.02. The summed E-state index contributed by atoms with van der Waals surface area (Å²) in [5.74, 6) is 0. The topological polar surface area (TPSA) is 29.1 Å². The van der Waals surface area contributed by atoms with Crippen LogP contribution in [-0.4, -0.2) is 4.21 Å². The maximum atomic E-state index is 11.9. The number of aryl methyl sites for hydroxylation is 1. The number of hydrogen-bond acceptors (Lipinski definition) is 1. The molecule has 0 radical (unpaired) electrons. The Kier molecular flexibility index (Phi) is 3.37. The summed E-state index contributed by atoms with van der Waals surface area (Å²) in [6.07, 6.45) is 0. The van der Waals surface area contributed by atoms with Crippen LogP contribution < -0.4 is 4.72 Å². The van der Waals surface area contributed by atoms with Crippen LogP contribution in [0.25, 0.3) is 0 Å². The monoisotopic (exact) mass is 231 g/mol. The van der Waals surface area contributed by atoms with E-state index in [1.165, 1.54) is 0 Å². The molecule has 0 bridgehead atoms. The van der Waals surface area contributed by atoms with Gasteiger partial charge in [-0.3, -0.25) is 0 Å². The summed E-state index contributed by atoms with van der Waals surface area (Å²) in [6, 6.07) is 17.2. The number of benzene rings is 2. The second kappa shape index (κ2) is 4.94. The molecular formula is C13H13NOS. The largest absolute Gasteiger partial charge is 0.301 e. The normalized spacial score (nSPS) is 12.1. The Balaban J connectivity index is 2.14. The quantitative estimate of drug-likeness (QED) is 0.864. The molecule has 82 valence electrons. The SMILES string of the molecule is Cc1cccc(N[S@](=O)c2ccccc2)c1. The second-order valence-corrected chi connectivity index (χ2v) is 4.77. The number of hydrogen-bond donors (Lipinski definition) is 1. The van der Waals surface area contributed by atoms with Crippen molar-refractivity contribution in [2.45, 2.75) is 11.8 Å². The van der Waals surface area contributed by atoms with Gasteiger partial charge in [-0.05, 0) is 36.8 Å². The Bertz CT molecular complexity index is 496. The summed E-state index contributed by atoms with van der Waals surface area (Å²) in [5.41, 5.74) is 2.03. The fourth-order valence-electron chi connectivity index (χ4n) is 1.42. The lowest BCUT2D eigenvalue weighted by molar-refractivity contribution is 0.686. The van der Waals surface area contributed by atoms with Gasteiger partial charge in [0.15, 0.2) is 0 Å². The van der Waals surface area contributed by atoms with Crippen LogP contribution in [0, 0.1) is 6.92 Å². The number of rotatable bonds is 3. The average Bonchev–Trinajstić information content (AvgIpc) is 2.30. The average molecular weight is 231 g/mol. The van der Waals surface area contributed by atoms with Gasteiger partial charge in [0, 0.05) is 5.69 Å². The molecule has 0 heterocycles. The van der Waals surface area contributed by atoms with Crippen molar-refractivity contribution in [3.8, 4) is 0 Å². The highest BCUT2D eigenvalue weighted by molar-refractivity contribution is 7.86. The fourth-order valence-corrected chi connectivity index (χ4v) is 2.28. The maximum absolute atomic E-state index is 11.9. The molecule has 0 fully saturated rings. The van der Waals surface area contributed by atoms with E-state index >= 15 is 0 Å². The van der Waals surface area contributed by atoms with Crippen molar-refractivity contribution in [2.24, 2.45) is 0 Å². The van der Waals surface area contributed by atoms with E-state index in [0.717, 1.165) is 16.1 Å². The Hall–Kier alpha value is -1.61. The zero-order valence-corrected chi connectivity index (χ0v) is 9.83. The van der Waals surface area contributed by atoms with Crippen LogP contribution in [0.15, 0.2) is 59.5 Å². The van der Waals surface area contributed by atoms with Gasteiger partial charge < -0.3 is 4.72 Å². The first-order valence-corrected chi connectivity index (χ1v) is 6.21. The predicted molar refractivity (Wildman–Crippen MR) is 67.7 cm³/mol. The molecule has 0 aliphatic heterocycles. The lowest BCUT2D eigenvalue weighted by Gasteiger charge is -2.06. The molecule has 1 atom stereocenters. The summed E-state index contributed by atoms with van der Waals surface area (Å²) in [6.45, 7) is 2.01. The number of nitrogens with one attached hydrogen (secondary N) is 1. The molecular weight excluding hydrogens is 218 g/mol. The highest BCUT2D eigenvalue weighted by Crippen LogP contribution is 2.13. The minimum atomic E-state index is -1.19. The van der Waals surface area contributed by atoms with Crippen LogP contribution in [0.5, 0.6) is 0 Å². The third kappa shape index (κ3) is 2.70. The molecule has 0 aliphatic rings. The molecule has 0 saturated heterocycles. The summed E-state index contributed by atoms with van der Waals surface area (Å²) < 4.78 is 14.9. The van der Waals surface area contributed by atoms with Gasteiger partial charge in [-0.15, -0.1) is 0 Å². The summed E-state index contributed by atoms with van der Waals surface area (Å²) in [5, 5.41) is 0. The standard InChI is InChI=1S/C13H13NOS/c1-11-6-5-7-12(10-11)14-16(15)13-8-3-2-4-9-13/h2-10,14H,1H3/t16-/m1/s1. The van der Waals surface area contributed by atoms with Gasteiger partial charge >= 0.3 is 0 Å². The van der Waals surface area contributed by atoms with Gasteiger partial charge in [0.05, 0.1) is 4.90 Å². The third-order valence-corrected chi connectivity index (χ3v) is 3.31. The van der Waals surface area contributed by atoms with Crippen LogP contribution in [0.2, 0.25) is 0 Å². The Labute approximate surface area is 97.9 Å². The Morgan fingerprint density at radius 1 is 1.00 bits per heavy atom. The lowest BCUT2D eigenvalue weighted by Crippen LogP contribution is -2.04. The number of anilines is 1. The van der Waals surface area contributed by atoms with Gasteiger partial charge in [0.25, 0.3) is 0 Å². The molecule has 0 amide bonds. The van der Waals surface area contributed by atoms with Crippen molar-refractivity contribution in [1.82, 2.24) is 0 Å². The molecule has 0 aliphatic carbocycles. The van der Waals surface area contributed by atoms with E-state index in [0.29, 0.717) is 0 Å². The molecule has 0 saturated carbocycles.